The third kappa shape index (κ3) is 3.96. The molecule has 1 unspecified atom stereocenters. The molecule has 0 spiro atoms. The van der Waals surface area contributed by atoms with E-state index in [0.717, 1.165) is 12.8 Å². The van der Waals surface area contributed by atoms with Crippen LogP contribution >= 0.6 is 0 Å². The van der Waals surface area contributed by atoms with E-state index in [0.29, 0.717) is 18.8 Å². The van der Waals surface area contributed by atoms with E-state index < -0.39 is 0 Å². The molecule has 0 bridgehead atoms. The molecule has 1 aromatic carbocycles. The summed E-state index contributed by atoms with van der Waals surface area (Å²) in [4.78, 5) is 27.2. The lowest BCUT2D eigenvalue weighted by Crippen LogP contribution is -2.44. The molecule has 0 aliphatic carbocycles. The smallest absolute Gasteiger partial charge is 0.317 e. The number of nitrogens with zero attached hydrogens (tertiary/aromatic N) is 2. The number of urea groups is 1. The van der Waals surface area contributed by atoms with Crippen molar-refractivity contribution in [1.29, 1.82) is 0 Å². The highest BCUT2D eigenvalue weighted by Crippen LogP contribution is 2.22. The second-order valence-corrected chi connectivity index (χ2v) is 5.61. The molecule has 0 radical (unpaired) electrons. The van der Waals surface area contributed by atoms with Gasteiger partial charge < -0.3 is 15.1 Å². The highest BCUT2D eigenvalue weighted by molar-refractivity contribution is 5.96. The van der Waals surface area contributed by atoms with Gasteiger partial charge in [-0.3, -0.25) is 4.79 Å². The largest absolute Gasteiger partial charge is 0.333 e. The first-order valence-electron chi connectivity index (χ1n) is 7.58. The van der Waals surface area contributed by atoms with Gasteiger partial charge >= 0.3 is 6.03 Å². The van der Waals surface area contributed by atoms with Crippen molar-refractivity contribution >= 4 is 17.6 Å². The van der Waals surface area contributed by atoms with Crippen molar-refractivity contribution in [3.8, 4) is 0 Å². The highest BCUT2D eigenvalue weighted by atomic mass is 19.1. The molecule has 1 aliphatic rings. The number of hydrogen-bond donors (Lipinski definition) is 1. The second-order valence-electron chi connectivity index (χ2n) is 5.61. The van der Waals surface area contributed by atoms with Crippen molar-refractivity contribution in [1.82, 2.24) is 10.2 Å². The molecule has 1 N–H and O–H groups in total. The molecule has 1 aromatic rings. The Morgan fingerprint density at radius 1 is 1.50 bits per heavy atom. The second kappa shape index (κ2) is 7.24. The number of halogens is 1. The maximum absolute atomic E-state index is 13.3. The van der Waals surface area contributed by atoms with E-state index >= 15 is 0 Å². The number of hydrogen-bond acceptors (Lipinski definition) is 2. The lowest BCUT2D eigenvalue weighted by molar-refractivity contribution is -0.117. The van der Waals surface area contributed by atoms with Gasteiger partial charge in [0.1, 0.15) is 5.82 Å². The molecule has 0 aromatic heterocycles. The summed E-state index contributed by atoms with van der Waals surface area (Å²) in [6.07, 6.45) is 2.21. The van der Waals surface area contributed by atoms with Crippen LogP contribution in [-0.4, -0.2) is 43.0 Å². The Morgan fingerprint density at radius 3 is 2.95 bits per heavy atom. The molecule has 22 heavy (non-hydrogen) atoms. The molecule has 1 saturated heterocycles. The van der Waals surface area contributed by atoms with E-state index in [1.165, 1.54) is 17.0 Å². The van der Waals surface area contributed by atoms with E-state index in [-0.39, 0.29) is 30.2 Å². The van der Waals surface area contributed by atoms with Crippen LogP contribution in [-0.2, 0) is 4.79 Å². The van der Waals surface area contributed by atoms with Gasteiger partial charge in [-0.1, -0.05) is 19.4 Å². The van der Waals surface area contributed by atoms with Gasteiger partial charge in [0, 0.05) is 32.2 Å². The zero-order valence-corrected chi connectivity index (χ0v) is 13.0. The van der Waals surface area contributed by atoms with Crippen LogP contribution in [0.5, 0.6) is 0 Å². The molecule has 6 heteroatoms. The predicted molar refractivity (Wildman–Crippen MR) is 83.2 cm³/mol. The van der Waals surface area contributed by atoms with E-state index in [1.807, 2.05) is 0 Å². The Hall–Kier alpha value is -2.11. The molecular formula is C16H22FN3O2. The first-order valence-corrected chi connectivity index (χ1v) is 7.58. The summed E-state index contributed by atoms with van der Waals surface area (Å²) in [5, 5.41) is 2.86. The minimum Gasteiger partial charge on any atom is -0.333 e. The molecule has 3 amide bonds. The average Bonchev–Trinajstić information content (AvgIpc) is 2.85. The molecule has 1 atom stereocenters. The van der Waals surface area contributed by atoms with Crippen LogP contribution in [0, 0.1) is 5.82 Å². The van der Waals surface area contributed by atoms with Gasteiger partial charge in [0.2, 0.25) is 5.91 Å². The number of carbonyl (C=O) groups excluding carboxylic acids is 2. The molecule has 0 saturated carbocycles. The van der Waals surface area contributed by atoms with Gasteiger partial charge in [0.25, 0.3) is 0 Å². The Labute approximate surface area is 130 Å². The van der Waals surface area contributed by atoms with Gasteiger partial charge in [-0.2, -0.15) is 0 Å². The van der Waals surface area contributed by atoms with Gasteiger partial charge in [0.15, 0.2) is 0 Å². The van der Waals surface area contributed by atoms with Crippen molar-refractivity contribution in [2.45, 2.75) is 32.2 Å². The fraction of sp³-hybridized carbons (Fsp3) is 0.500. The summed E-state index contributed by atoms with van der Waals surface area (Å²) in [6, 6.07) is 5.52. The molecule has 1 fully saturated rings. The molecule has 1 heterocycles. The van der Waals surface area contributed by atoms with E-state index in [2.05, 4.69) is 12.2 Å². The quantitative estimate of drug-likeness (QED) is 0.908. The monoisotopic (exact) mass is 307 g/mol. The maximum Gasteiger partial charge on any atom is 0.317 e. The van der Waals surface area contributed by atoms with Crippen molar-refractivity contribution < 1.29 is 14.0 Å². The lowest BCUT2D eigenvalue weighted by atomic mass is 10.2. The number of rotatable bonds is 5. The Morgan fingerprint density at radius 2 is 2.27 bits per heavy atom. The Kier molecular flexibility index (Phi) is 5.35. The van der Waals surface area contributed by atoms with Crippen molar-refractivity contribution in [3.63, 3.8) is 0 Å². The van der Waals surface area contributed by atoms with Crippen LogP contribution in [0.15, 0.2) is 24.3 Å². The van der Waals surface area contributed by atoms with Crippen LogP contribution in [0.2, 0.25) is 0 Å². The minimum atomic E-state index is -0.378. The van der Waals surface area contributed by atoms with E-state index in [1.54, 1.807) is 24.1 Å². The van der Waals surface area contributed by atoms with Gasteiger partial charge in [0.05, 0.1) is 6.04 Å². The molecular weight excluding hydrogens is 285 g/mol. The topological polar surface area (TPSA) is 52.7 Å². The van der Waals surface area contributed by atoms with Crippen molar-refractivity contribution in [2.75, 3.05) is 25.0 Å². The predicted octanol–water partition coefficient (Wildman–Crippen LogP) is 2.37. The van der Waals surface area contributed by atoms with Gasteiger partial charge in [-0.15, -0.1) is 0 Å². The fourth-order valence-corrected chi connectivity index (χ4v) is 2.48. The number of anilines is 1. The first-order chi connectivity index (χ1) is 10.5. The summed E-state index contributed by atoms with van der Waals surface area (Å²) in [7, 11) is 1.74. The summed E-state index contributed by atoms with van der Waals surface area (Å²) >= 11 is 0. The summed E-state index contributed by atoms with van der Waals surface area (Å²) < 4.78 is 13.3. The van der Waals surface area contributed by atoms with Crippen LogP contribution in [0.1, 0.15) is 26.2 Å². The Balaban J connectivity index is 1.93. The van der Waals surface area contributed by atoms with Crippen LogP contribution in [0.3, 0.4) is 0 Å². The first kappa shape index (κ1) is 16.3. The molecule has 5 nitrogen and oxygen atoms in total. The standard InChI is InChI=1S/C16H22FN3O2/c1-3-4-8-19(2)16(22)18-13-10-15(21)20(11-13)14-7-5-6-12(17)9-14/h5-7,9,13H,3-4,8,10-11H2,1-2H3,(H,18,22). The zero-order valence-electron chi connectivity index (χ0n) is 13.0. The zero-order chi connectivity index (χ0) is 16.1. The third-order valence-electron chi connectivity index (χ3n) is 3.77. The molecule has 2 rings (SSSR count). The summed E-state index contributed by atoms with van der Waals surface area (Å²) in [5.41, 5.74) is 0.529. The van der Waals surface area contributed by atoms with Crippen LogP contribution < -0.4 is 10.2 Å². The van der Waals surface area contributed by atoms with Crippen LogP contribution in [0.4, 0.5) is 14.9 Å². The maximum atomic E-state index is 13.3. The van der Waals surface area contributed by atoms with E-state index in [9.17, 15) is 14.0 Å². The number of nitrogens with one attached hydrogen (secondary N) is 1. The van der Waals surface area contributed by atoms with Gasteiger partial charge in [-0.25, -0.2) is 9.18 Å². The Bertz CT molecular complexity index is 550. The van der Waals surface area contributed by atoms with Crippen LogP contribution in [0.25, 0.3) is 0 Å². The lowest BCUT2D eigenvalue weighted by Gasteiger charge is -2.21. The third-order valence-corrected chi connectivity index (χ3v) is 3.77. The van der Waals surface area contributed by atoms with E-state index in [4.69, 9.17) is 0 Å². The number of benzene rings is 1. The normalized spacial score (nSPS) is 17.7. The highest BCUT2D eigenvalue weighted by Gasteiger charge is 2.32. The average molecular weight is 307 g/mol. The SMILES string of the molecule is CCCCN(C)C(=O)NC1CC(=O)N(c2cccc(F)c2)C1. The van der Waals surface area contributed by atoms with Crippen molar-refractivity contribution in [3.05, 3.63) is 30.1 Å². The van der Waals surface area contributed by atoms with Gasteiger partial charge in [-0.05, 0) is 24.6 Å². The fourth-order valence-electron chi connectivity index (χ4n) is 2.48. The minimum absolute atomic E-state index is 0.105. The molecule has 120 valence electrons. The van der Waals surface area contributed by atoms with Crippen molar-refractivity contribution in [2.24, 2.45) is 0 Å². The summed E-state index contributed by atoms with van der Waals surface area (Å²) in [5.74, 6) is -0.482. The number of unbranched alkanes of at least 4 members (excludes halogenated alkanes) is 1. The number of carbonyl (C=O) groups is 2. The summed E-state index contributed by atoms with van der Waals surface area (Å²) in [6.45, 7) is 3.13. The molecule has 1 aliphatic heterocycles. The number of amides is 3.